The first-order valence-corrected chi connectivity index (χ1v) is 7.45. The van der Waals surface area contributed by atoms with E-state index in [2.05, 4.69) is 4.18 Å². The van der Waals surface area contributed by atoms with Crippen molar-refractivity contribution in [2.45, 2.75) is 31.9 Å². The lowest BCUT2D eigenvalue weighted by Crippen LogP contribution is -2.50. The van der Waals surface area contributed by atoms with Gasteiger partial charge in [0.15, 0.2) is 6.04 Å². The molecule has 126 valence electrons. The minimum Gasteiger partial charge on any atom is -0.459 e. The molecular formula is C13H12F3NO5S. The van der Waals surface area contributed by atoms with Gasteiger partial charge in [0, 0.05) is 0 Å². The summed E-state index contributed by atoms with van der Waals surface area (Å²) in [6.45, 7) is 1.04. The van der Waals surface area contributed by atoms with Crippen molar-refractivity contribution in [1.82, 2.24) is 4.31 Å². The maximum Gasteiger partial charge on any atom is 0.472 e. The van der Waals surface area contributed by atoms with Crippen LogP contribution in [0, 0.1) is 0 Å². The van der Waals surface area contributed by atoms with Crippen LogP contribution in [0.4, 0.5) is 13.2 Å². The maximum absolute atomic E-state index is 12.6. The maximum atomic E-state index is 12.6. The topological polar surface area (TPSA) is 72.9 Å². The van der Waals surface area contributed by atoms with E-state index in [0.29, 0.717) is 5.56 Å². The molecule has 0 aliphatic carbocycles. The molecule has 0 N–H and O–H groups in total. The first kappa shape index (κ1) is 17.4. The Bertz CT molecular complexity index is 622. The summed E-state index contributed by atoms with van der Waals surface area (Å²) in [6, 6.07) is 6.70. The van der Waals surface area contributed by atoms with Crippen molar-refractivity contribution < 1.29 is 35.9 Å². The molecule has 1 unspecified atom stereocenters. The smallest absolute Gasteiger partial charge is 0.459 e. The highest BCUT2D eigenvalue weighted by Gasteiger charge is 2.55. The Kier molecular flexibility index (Phi) is 5.05. The number of ether oxygens (including phenoxy) is 1. The number of esters is 1. The Hall–Kier alpha value is -1.94. The van der Waals surface area contributed by atoms with Gasteiger partial charge in [-0.2, -0.15) is 13.2 Å². The molecular weight excluding hydrogens is 339 g/mol. The van der Waals surface area contributed by atoms with Gasteiger partial charge in [0.05, 0.1) is 0 Å². The molecule has 1 aliphatic rings. The highest BCUT2D eigenvalue weighted by atomic mass is 32.2. The number of hydrogen-bond donors (Lipinski definition) is 0. The largest absolute Gasteiger partial charge is 0.472 e. The lowest BCUT2D eigenvalue weighted by molar-refractivity contribution is -0.183. The Morgan fingerprint density at radius 1 is 1.30 bits per heavy atom. The SMILES string of the molecule is C[C@H]1OS(=O)N(C(=O)C(F)(F)F)[C@@H]1C(=O)OCc1ccccc1. The van der Waals surface area contributed by atoms with E-state index >= 15 is 0 Å². The van der Waals surface area contributed by atoms with Crippen LogP contribution in [0.5, 0.6) is 0 Å². The van der Waals surface area contributed by atoms with E-state index in [1.165, 1.54) is 6.92 Å². The number of alkyl halides is 3. The fourth-order valence-electron chi connectivity index (χ4n) is 1.93. The third kappa shape index (κ3) is 3.88. The normalized spacial score (nSPS) is 24.5. The van der Waals surface area contributed by atoms with Gasteiger partial charge in [-0.05, 0) is 12.5 Å². The predicted molar refractivity (Wildman–Crippen MR) is 71.6 cm³/mol. The molecule has 1 aromatic rings. The number of rotatable bonds is 3. The molecule has 1 saturated heterocycles. The number of hydrogen-bond acceptors (Lipinski definition) is 5. The highest BCUT2D eigenvalue weighted by Crippen LogP contribution is 2.29. The lowest BCUT2D eigenvalue weighted by Gasteiger charge is -2.21. The molecule has 1 aliphatic heterocycles. The van der Waals surface area contributed by atoms with Gasteiger partial charge in [-0.3, -0.25) is 8.98 Å². The molecule has 0 aromatic heterocycles. The van der Waals surface area contributed by atoms with Crippen molar-refractivity contribution in [2.75, 3.05) is 0 Å². The van der Waals surface area contributed by atoms with Gasteiger partial charge < -0.3 is 4.74 Å². The first-order chi connectivity index (χ1) is 10.7. The van der Waals surface area contributed by atoms with E-state index < -0.39 is 41.5 Å². The Morgan fingerprint density at radius 2 is 1.91 bits per heavy atom. The van der Waals surface area contributed by atoms with Gasteiger partial charge in [-0.1, -0.05) is 30.3 Å². The van der Waals surface area contributed by atoms with E-state index in [1.807, 2.05) is 0 Å². The number of amides is 1. The zero-order valence-electron chi connectivity index (χ0n) is 11.8. The summed E-state index contributed by atoms with van der Waals surface area (Å²) < 4.78 is 58.6. The standard InChI is InChI=1S/C13H12F3NO5S/c1-8-10(11(18)21-7-9-5-3-2-4-6-9)17(23(20)22-8)12(19)13(14,15)16/h2-6,8,10H,7H2,1H3/t8-,10+,23?/m1/s1. The van der Waals surface area contributed by atoms with E-state index in [-0.39, 0.29) is 10.9 Å². The van der Waals surface area contributed by atoms with Crippen LogP contribution >= 0.6 is 0 Å². The van der Waals surface area contributed by atoms with Crippen molar-refractivity contribution in [3.8, 4) is 0 Å². The lowest BCUT2D eigenvalue weighted by atomic mass is 10.2. The minimum absolute atomic E-state index is 0.141. The number of carbonyl (C=O) groups excluding carboxylic acids is 2. The van der Waals surface area contributed by atoms with Gasteiger partial charge in [0.1, 0.15) is 12.7 Å². The number of halogens is 3. The van der Waals surface area contributed by atoms with Crippen LogP contribution in [0.2, 0.25) is 0 Å². The molecule has 1 heterocycles. The zero-order chi connectivity index (χ0) is 17.2. The molecule has 1 amide bonds. The molecule has 0 spiro atoms. The summed E-state index contributed by atoms with van der Waals surface area (Å²) in [6.07, 6.45) is -6.47. The molecule has 0 bridgehead atoms. The second kappa shape index (κ2) is 6.67. The third-order valence-corrected chi connectivity index (χ3v) is 4.18. The van der Waals surface area contributed by atoms with Crippen LogP contribution in [-0.2, 0) is 36.4 Å². The molecule has 1 aromatic carbocycles. The molecule has 3 atom stereocenters. The summed E-state index contributed by atoms with van der Waals surface area (Å²) in [5.41, 5.74) is 0.613. The highest BCUT2D eigenvalue weighted by molar-refractivity contribution is 7.78. The molecule has 0 radical (unpaired) electrons. The molecule has 6 nitrogen and oxygen atoms in total. The van der Waals surface area contributed by atoms with Crippen LogP contribution in [-0.4, -0.2) is 38.7 Å². The zero-order valence-corrected chi connectivity index (χ0v) is 12.6. The van der Waals surface area contributed by atoms with Crippen LogP contribution in [0.3, 0.4) is 0 Å². The van der Waals surface area contributed by atoms with Gasteiger partial charge in [-0.25, -0.2) is 13.3 Å². The molecule has 2 rings (SSSR count). The second-order valence-corrected chi connectivity index (χ2v) is 5.71. The molecule has 10 heteroatoms. The summed E-state index contributed by atoms with van der Waals surface area (Å²) in [5.74, 6) is -3.54. The van der Waals surface area contributed by atoms with Gasteiger partial charge >= 0.3 is 18.1 Å². The third-order valence-electron chi connectivity index (χ3n) is 3.00. The monoisotopic (exact) mass is 351 g/mol. The molecule has 1 fully saturated rings. The second-order valence-electron chi connectivity index (χ2n) is 4.69. The van der Waals surface area contributed by atoms with Gasteiger partial charge in [0.2, 0.25) is 0 Å². The first-order valence-electron chi connectivity index (χ1n) is 6.42. The number of carbonyl (C=O) groups is 2. The van der Waals surface area contributed by atoms with E-state index in [4.69, 9.17) is 4.74 Å². The van der Waals surface area contributed by atoms with Crippen molar-refractivity contribution >= 4 is 23.1 Å². The van der Waals surface area contributed by atoms with E-state index in [1.54, 1.807) is 30.3 Å². The average Bonchev–Trinajstić information content (AvgIpc) is 2.78. The molecule has 0 saturated carbocycles. The van der Waals surface area contributed by atoms with Crippen LogP contribution in [0.25, 0.3) is 0 Å². The fourth-order valence-corrected chi connectivity index (χ4v) is 3.07. The van der Waals surface area contributed by atoms with Crippen LogP contribution < -0.4 is 0 Å². The Labute approximate surface area is 132 Å². The average molecular weight is 351 g/mol. The van der Waals surface area contributed by atoms with Crippen molar-refractivity contribution in [1.29, 1.82) is 0 Å². The summed E-state index contributed by atoms with van der Waals surface area (Å²) in [7, 11) is 0. The van der Waals surface area contributed by atoms with Crippen LogP contribution in [0.1, 0.15) is 12.5 Å². The minimum atomic E-state index is -5.28. The van der Waals surface area contributed by atoms with E-state index in [0.717, 1.165) is 0 Å². The number of nitrogens with zero attached hydrogens (tertiary/aromatic N) is 1. The molecule has 23 heavy (non-hydrogen) atoms. The van der Waals surface area contributed by atoms with Gasteiger partial charge in [0.25, 0.3) is 11.3 Å². The van der Waals surface area contributed by atoms with Crippen molar-refractivity contribution in [2.24, 2.45) is 0 Å². The summed E-state index contributed by atoms with van der Waals surface area (Å²) in [4.78, 5) is 23.4. The fraction of sp³-hybridized carbons (Fsp3) is 0.385. The van der Waals surface area contributed by atoms with Gasteiger partial charge in [-0.15, -0.1) is 0 Å². The summed E-state index contributed by atoms with van der Waals surface area (Å²) >= 11 is -2.70. The summed E-state index contributed by atoms with van der Waals surface area (Å²) in [5, 5.41) is 0. The van der Waals surface area contributed by atoms with Crippen LogP contribution in [0.15, 0.2) is 30.3 Å². The quantitative estimate of drug-likeness (QED) is 0.772. The van der Waals surface area contributed by atoms with E-state index in [9.17, 15) is 27.0 Å². The Morgan fingerprint density at radius 3 is 2.48 bits per heavy atom. The number of benzene rings is 1. The van der Waals surface area contributed by atoms with Crippen molar-refractivity contribution in [3.63, 3.8) is 0 Å². The Balaban J connectivity index is 2.12. The predicted octanol–water partition coefficient (Wildman–Crippen LogP) is 1.49. The van der Waals surface area contributed by atoms with Crippen molar-refractivity contribution in [3.05, 3.63) is 35.9 Å².